The van der Waals surface area contributed by atoms with Crippen molar-refractivity contribution in [3.63, 3.8) is 0 Å². The molecule has 8 aromatic rings. The van der Waals surface area contributed by atoms with E-state index in [1.165, 1.54) is 11.1 Å². The van der Waals surface area contributed by atoms with Gasteiger partial charge in [-0.1, -0.05) is 188 Å². The van der Waals surface area contributed by atoms with Crippen LogP contribution in [-0.2, 0) is 0 Å². The second-order valence-corrected chi connectivity index (χ2v) is 14.0. The fourth-order valence-electron chi connectivity index (χ4n) is 7.12. The second kappa shape index (κ2) is 16.1. The van der Waals surface area contributed by atoms with Crippen LogP contribution in [0.1, 0.15) is 34.5 Å². The number of hydrogen-bond donors (Lipinski definition) is 3. The van der Waals surface area contributed by atoms with Crippen LogP contribution in [0.15, 0.2) is 211 Å². The van der Waals surface area contributed by atoms with Gasteiger partial charge in [0.25, 0.3) is 0 Å². The van der Waals surface area contributed by atoms with Gasteiger partial charge in [0.2, 0.25) is 5.95 Å². The summed E-state index contributed by atoms with van der Waals surface area (Å²) in [5.74, 6) is 1.31. The Labute approximate surface area is 333 Å². The normalized spacial score (nSPS) is 14.2. The molecule has 1 aromatic heterocycles. The summed E-state index contributed by atoms with van der Waals surface area (Å²) in [4.78, 5) is 14.9. The first-order chi connectivity index (χ1) is 28.1. The van der Waals surface area contributed by atoms with Crippen LogP contribution in [0.4, 0.5) is 5.95 Å². The molecule has 0 radical (unpaired) electrons. The van der Waals surface area contributed by atoms with Crippen molar-refractivity contribution in [1.29, 1.82) is 0 Å². The van der Waals surface area contributed by atoms with Gasteiger partial charge < -0.3 is 16.4 Å². The maximum absolute atomic E-state index is 6.76. The highest BCUT2D eigenvalue weighted by atomic mass is 15.2. The lowest BCUT2D eigenvalue weighted by atomic mass is 9.96. The summed E-state index contributed by atoms with van der Waals surface area (Å²) in [5.41, 5.74) is 20.2. The number of nitrogens with zero attached hydrogens (tertiary/aromatic N) is 3. The van der Waals surface area contributed by atoms with E-state index in [-0.39, 0.29) is 6.04 Å². The molecule has 0 spiro atoms. The van der Waals surface area contributed by atoms with Gasteiger partial charge in [-0.3, -0.25) is 4.99 Å². The van der Waals surface area contributed by atoms with Gasteiger partial charge in [-0.25, -0.2) is 9.97 Å². The number of nitrogens with two attached hydrogens (primary N) is 1. The van der Waals surface area contributed by atoms with Gasteiger partial charge in [-0.2, -0.15) is 0 Å². The average molecular weight is 737 g/mol. The Morgan fingerprint density at radius 3 is 1.53 bits per heavy atom. The molecule has 57 heavy (non-hydrogen) atoms. The van der Waals surface area contributed by atoms with Gasteiger partial charge >= 0.3 is 0 Å². The number of rotatable bonds is 10. The van der Waals surface area contributed by atoms with Crippen LogP contribution in [0.5, 0.6) is 0 Å². The predicted molar refractivity (Wildman–Crippen MR) is 234 cm³/mol. The van der Waals surface area contributed by atoms with Crippen molar-refractivity contribution in [3.8, 4) is 44.8 Å². The topological polar surface area (TPSA) is 88.2 Å². The Hall–Kier alpha value is -7.41. The number of hydrogen-bond acceptors (Lipinski definition) is 6. The van der Waals surface area contributed by atoms with E-state index in [0.717, 1.165) is 67.4 Å². The third-order valence-electron chi connectivity index (χ3n) is 10.2. The van der Waals surface area contributed by atoms with E-state index in [4.69, 9.17) is 20.7 Å². The van der Waals surface area contributed by atoms with Crippen molar-refractivity contribution in [3.05, 3.63) is 229 Å². The standard InChI is InChI=1S/C51H40N6/c52-49(57-51-55-46(38-16-7-2-8-17-38)34-47(56-51)39-18-9-3-10-19-39)41-30-26-37(27-31-41)43-22-13-23-44(32-43)48-33-45(53-50(54-48)42-20-11-4-12-21-42)40-28-24-36(25-29-40)35-14-5-1-6-15-35/h1-34,48-49H,52H2,(H,53,54)(H,55,56,57). The van der Waals surface area contributed by atoms with Crippen molar-refractivity contribution in [2.45, 2.75) is 12.2 Å². The first-order valence-corrected chi connectivity index (χ1v) is 19.1. The molecule has 9 rings (SSSR count). The van der Waals surface area contributed by atoms with Gasteiger partial charge in [0, 0.05) is 22.4 Å². The Bertz CT molecular complexity index is 2600. The summed E-state index contributed by atoms with van der Waals surface area (Å²) in [5, 5.41) is 7.00. The molecule has 2 unspecified atom stereocenters. The molecule has 274 valence electrons. The van der Waals surface area contributed by atoms with Crippen molar-refractivity contribution >= 4 is 17.5 Å². The fourth-order valence-corrected chi connectivity index (χ4v) is 7.12. The third kappa shape index (κ3) is 8.03. The minimum atomic E-state index is -0.522. The summed E-state index contributed by atoms with van der Waals surface area (Å²) < 4.78 is 0. The number of nitrogens with one attached hydrogen (secondary N) is 2. The smallest absolute Gasteiger partial charge is 0.225 e. The summed E-state index contributed by atoms with van der Waals surface area (Å²) >= 11 is 0. The highest BCUT2D eigenvalue weighted by molar-refractivity contribution is 6.05. The maximum Gasteiger partial charge on any atom is 0.225 e. The number of aromatic nitrogens is 2. The molecule has 0 saturated heterocycles. The van der Waals surface area contributed by atoms with E-state index in [9.17, 15) is 0 Å². The lowest BCUT2D eigenvalue weighted by Crippen LogP contribution is -2.27. The first kappa shape index (κ1) is 35.3. The van der Waals surface area contributed by atoms with Crippen molar-refractivity contribution in [2.24, 2.45) is 10.7 Å². The molecule has 7 aromatic carbocycles. The Balaban J connectivity index is 0.974. The molecule has 6 nitrogen and oxygen atoms in total. The molecular formula is C51H40N6. The zero-order valence-corrected chi connectivity index (χ0v) is 31.2. The zero-order valence-electron chi connectivity index (χ0n) is 31.2. The monoisotopic (exact) mass is 736 g/mol. The predicted octanol–water partition coefficient (Wildman–Crippen LogP) is 11.3. The fraction of sp³-hybridized carbons (Fsp3) is 0.0392. The van der Waals surface area contributed by atoms with E-state index in [0.29, 0.717) is 5.95 Å². The number of anilines is 1. The van der Waals surface area contributed by atoms with Crippen molar-refractivity contribution in [2.75, 3.05) is 5.32 Å². The van der Waals surface area contributed by atoms with E-state index in [1.54, 1.807) is 0 Å². The molecule has 2 heterocycles. The SMILES string of the molecule is NC(Nc1nc(-c2ccccc2)cc(-c2ccccc2)n1)c1ccc(-c2cccc(C3C=C(c4ccc(-c5ccccc5)cc4)NC(c4ccccc4)=N3)c2)cc1. The quantitative estimate of drug-likeness (QED) is 0.122. The van der Waals surface area contributed by atoms with Crippen LogP contribution in [0.2, 0.25) is 0 Å². The van der Waals surface area contributed by atoms with Gasteiger partial charge in [0.1, 0.15) is 12.0 Å². The van der Waals surface area contributed by atoms with Gasteiger partial charge in [0.15, 0.2) is 0 Å². The molecule has 0 aliphatic carbocycles. The minimum absolute atomic E-state index is 0.186. The molecule has 4 N–H and O–H groups in total. The largest absolute Gasteiger partial charge is 0.340 e. The number of amidine groups is 1. The highest BCUT2D eigenvalue weighted by Crippen LogP contribution is 2.33. The lowest BCUT2D eigenvalue weighted by molar-refractivity contribution is 0.818. The molecule has 0 bridgehead atoms. The van der Waals surface area contributed by atoms with Crippen LogP contribution in [-0.4, -0.2) is 15.8 Å². The van der Waals surface area contributed by atoms with Crippen molar-refractivity contribution < 1.29 is 0 Å². The number of benzene rings is 7. The van der Waals surface area contributed by atoms with Crippen LogP contribution in [0.3, 0.4) is 0 Å². The van der Waals surface area contributed by atoms with Crippen molar-refractivity contribution in [1.82, 2.24) is 15.3 Å². The summed E-state index contributed by atoms with van der Waals surface area (Å²) in [7, 11) is 0. The highest BCUT2D eigenvalue weighted by Gasteiger charge is 2.20. The molecular weight excluding hydrogens is 697 g/mol. The van der Waals surface area contributed by atoms with Gasteiger partial charge in [-0.15, -0.1) is 0 Å². The minimum Gasteiger partial charge on any atom is -0.340 e. The molecule has 6 heteroatoms. The third-order valence-corrected chi connectivity index (χ3v) is 10.2. The molecule has 2 atom stereocenters. The Morgan fingerprint density at radius 1 is 0.456 bits per heavy atom. The number of aliphatic imine (C=N–C) groups is 1. The van der Waals surface area contributed by atoms with Crippen LogP contribution < -0.4 is 16.4 Å². The lowest BCUT2D eigenvalue weighted by Gasteiger charge is -2.24. The van der Waals surface area contributed by atoms with Gasteiger partial charge in [-0.05, 0) is 57.2 Å². The van der Waals surface area contributed by atoms with Crippen LogP contribution in [0.25, 0.3) is 50.5 Å². The second-order valence-electron chi connectivity index (χ2n) is 14.0. The summed E-state index contributed by atoms with van der Waals surface area (Å²) in [6.07, 6.45) is 1.69. The molecule has 0 saturated carbocycles. The average Bonchev–Trinajstić information content (AvgIpc) is 3.30. The van der Waals surface area contributed by atoms with Crippen LogP contribution >= 0.6 is 0 Å². The summed E-state index contributed by atoms with van der Waals surface area (Å²) in [6.45, 7) is 0. The van der Waals surface area contributed by atoms with Gasteiger partial charge in [0.05, 0.1) is 17.4 Å². The molecule has 0 fully saturated rings. The van der Waals surface area contributed by atoms with E-state index < -0.39 is 6.17 Å². The summed E-state index contributed by atoms with van der Waals surface area (Å²) in [6, 6.07) is 68.5. The first-order valence-electron chi connectivity index (χ1n) is 19.1. The van der Waals surface area contributed by atoms with E-state index >= 15 is 0 Å². The molecule has 1 aliphatic heterocycles. The molecule has 1 aliphatic rings. The zero-order chi connectivity index (χ0) is 38.4. The van der Waals surface area contributed by atoms with Crippen LogP contribution in [0, 0.1) is 0 Å². The Kier molecular flexibility index (Phi) is 9.99. The van der Waals surface area contributed by atoms with E-state index in [1.807, 2.05) is 91.0 Å². The van der Waals surface area contributed by atoms with E-state index in [2.05, 4.69) is 126 Å². The Morgan fingerprint density at radius 2 is 0.930 bits per heavy atom. The maximum atomic E-state index is 6.76. The molecule has 0 amide bonds.